The molecule has 19 heavy (non-hydrogen) atoms. The van der Waals surface area contributed by atoms with E-state index in [9.17, 15) is 8.42 Å². The van der Waals surface area contributed by atoms with Crippen LogP contribution in [0.5, 0.6) is 0 Å². The lowest BCUT2D eigenvalue weighted by molar-refractivity contribution is 0.601. The molecule has 10 heteroatoms. The molecule has 2 aromatic rings. The molecule has 102 valence electrons. The van der Waals surface area contributed by atoms with E-state index in [0.29, 0.717) is 13.9 Å². The minimum absolute atomic E-state index is 0.162. The lowest BCUT2D eigenvalue weighted by Gasteiger charge is -2.07. The molecule has 0 aliphatic heterocycles. The Morgan fingerprint density at radius 1 is 1.26 bits per heavy atom. The number of thiophene rings is 1. The van der Waals surface area contributed by atoms with E-state index in [2.05, 4.69) is 57.5 Å². The fourth-order valence-electron chi connectivity index (χ4n) is 1.20. The molecular weight excluding hydrogens is 507 g/mol. The number of rotatable bonds is 3. The first kappa shape index (κ1) is 15.7. The Bertz CT molecular complexity index is 733. The summed E-state index contributed by atoms with van der Waals surface area (Å²) in [4.78, 5) is 4.02. The van der Waals surface area contributed by atoms with Gasteiger partial charge in [0.15, 0.2) is 0 Å². The van der Waals surface area contributed by atoms with Gasteiger partial charge in [-0.1, -0.05) is 11.6 Å². The van der Waals surface area contributed by atoms with Crippen LogP contribution < -0.4 is 4.72 Å². The van der Waals surface area contributed by atoms with Crippen LogP contribution >= 0.6 is 70.7 Å². The first-order valence-corrected chi connectivity index (χ1v) is 9.64. The zero-order valence-electron chi connectivity index (χ0n) is 8.82. The van der Waals surface area contributed by atoms with Gasteiger partial charge in [-0.15, -0.1) is 11.3 Å². The highest BCUT2D eigenvalue weighted by molar-refractivity contribution is 9.12. The molecule has 4 nitrogen and oxygen atoms in total. The van der Waals surface area contributed by atoms with Crippen LogP contribution in [0.25, 0.3) is 0 Å². The topological polar surface area (TPSA) is 59.1 Å². The SMILES string of the molecule is O=S(=O)(Nc1cnc(Cl)c(Br)c1)c1cc(Br)sc1Br. The minimum atomic E-state index is -3.67. The third-order valence-electron chi connectivity index (χ3n) is 1.96. The summed E-state index contributed by atoms with van der Waals surface area (Å²) in [6.45, 7) is 0. The molecule has 0 aliphatic carbocycles. The Morgan fingerprint density at radius 3 is 2.47 bits per heavy atom. The van der Waals surface area contributed by atoms with E-state index in [-0.39, 0.29) is 10.0 Å². The van der Waals surface area contributed by atoms with Gasteiger partial charge < -0.3 is 0 Å². The fourth-order valence-corrected chi connectivity index (χ4v) is 6.49. The van der Waals surface area contributed by atoms with Gasteiger partial charge in [-0.05, 0) is 59.9 Å². The smallest absolute Gasteiger partial charge is 0.263 e. The van der Waals surface area contributed by atoms with Gasteiger partial charge in [0.25, 0.3) is 10.0 Å². The van der Waals surface area contributed by atoms with Crippen LogP contribution in [-0.4, -0.2) is 13.4 Å². The second-order valence-corrected chi connectivity index (χ2v) is 9.90. The number of halogens is 4. The van der Waals surface area contributed by atoms with E-state index in [1.165, 1.54) is 23.6 Å². The fraction of sp³-hybridized carbons (Fsp3) is 0. The van der Waals surface area contributed by atoms with Gasteiger partial charge in [0.1, 0.15) is 10.0 Å². The van der Waals surface area contributed by atoms with Crippen molar-refractivity contribution in [3.8, 4) is 0 Å². The average molecular weight is 511 g/mol. The molecule has 0 bridgehead atoms. The van der Waals surface area contributed by atoms with E-state index < -0.39 is 10.0 Å². The third kappa shape index (κ3) is 3.70. The molecule has 0 aliphatic rings. The second kappa shape index (κ2) is 5.98. The van der Waals surface area contributed by atoms with Crippen molar-refractivity contribution in [2.75, 3.05) is 4.72 Å². The summed E-state index contributed by atoms with van der Waals surface area (Å²) in [5.41, 5.74) is 0.325. The van der Waals surface area contributed by atoms with Crippen molar-refractivity contribution in [3.63, 3.8) is 0 Å². The van der Waals surface area contributed by atoms with Crippen LogP contribution in [0.15, 0.2) is 35.3 Å². The predicted molar refractivity (Wildman–Crippen MR) is 87.5 cm³/mol. The molecule has 0 amide bonds. The molecule has 2 rings (SSSR count). The van der Waals surface area contributed by atoms with Crippen molar-refractivity contribution in [1.29, 1.82) is 0 Å². The summed E-state index contributed by atoms with van der Waals surface area (Å²) in [6, 6.07) is 3.07. The van der Waals surface area contributed by atoms with Gasteiger partial charge in [-0.25, -0.2) is 13.4 Å². The molecule has 0 saturated carbocycles. The monoisotopic (exact) mass is 508 g/mol. The number of hydrogen-bond donors (Lipinski definition) is 1. The summed E-state index contributed by atoms with van der Waals surface area (Å²) < 4.78 is 28.6. The minimum Gasteiger partial charge on any atom is -0.278 e. The average Bonchev–Trinajstić information content (AvgIpc) is 2.63. The number of aromatic nitrogens is 1. The highest BCUT2D eigenvalue weighted by atomic mass is 79.9. The molecule has 0 unspecified atom stereocenters. The van der Waals surface area contributed by atoms with Gasteiger partial charge in [0.05, 0.1) is 23.9 Å². The van der Waals surface area contributed by atoms with Gasteiger partial charge in [-0.2, -0.15) is 0 Å². The Labute approximate surface area is 144 Å². The van der Waals surface area contributed by atoms with Gasteiger partial charge in [-0.3, -0.25) is 4.72 Å². The number of sulfonamides is 1. The summed E-state index contributed by atoms with van der Waals surface area (Å²) in [6.07, 6.45) is 1.35. The summed E-state index contributed by atoms with van der Waals surface area (Å²) >= 11 is 16.7. The van der Waals surface area contributed by atoms with Crippen molar-refractivity contribution in [2.45, 2.75) is 4.90 Å². The predicted octanol–water partition coefficient (Wildman–Crippen LogP) is 4.88. The van der Waals surface area contributed by atoms with E-state index >= 15 is 0 Å². The number of hydrogen-bond acceptors (Lipinski definition) is 4. The van der Waals surface area contributed by atoms with Crippen molar-refractivity contribution in [1.82, 2.24) is 4.98 Å². The van der Waals surface area contributed by atoms with Gasteiger partial charge >= 0.3 is 0 Å². The highest BCUT2D eigenvalue weighted by Gasteiger charge is 2.21. The van der Waals surface area contributed by atoms with Crippen LogP contribution in [0.4, 0.5) is 5.69 Å². The molecule has 0 aromatic carbocycles. The quantitative estimate of drug-likeness (QED) is 0.598. The summed E-state index contributed by atoms with van der Waals surface area (Å²) in [5.74, 6) is 0. The lowest BCUT2D eigenvalue weighted by Crippen LogP contribution is -2.12. The maximum atomic E-state index is 12.2. The first-order valence-electron chi connectivity index (χ1n) is 4.58. The van der Waals surface area contributed by atoms with Crippen LogP contribution in [-0.2, 0) is 10.0 Å². The maximum Gasteiger partial charge on any atom is 0.263 e. The molecule has 1 N–H and O–H groups in total. The van der Waals surface area contributed by atoms with E-state index in [4.69, 9.17) is 11.6 Å². The summed E-state index contributed by atoms with van der Waals surface area (Å²) in [7, 11) is -3.67. The van der Waals surface area contributed by atoms with Crippen LogP contribution in [0.3, 0.4) is 0 Å². The van der Waals surface area contributed by atoms with Crippen LogP contribution in [0.1, 0.15) is 0 Å². The molecule has 0 radical (unpaired) electrons. The Hall–Kier alpha value is 0.330. The van der Waals surface area contributed by atoms with E-state index in [1.807, 2.05) is 0 Å². The third-order valence-corrected chi connectivity index (χ3v) is 7.23. The number of nitrogens with zero attached hydrogens (tertiary/aromatic N) is 1. The van der Waals surface area contributed by atoms with E-state index in [0.717, 1.165) is 3.79 Å². The Morgan fingerprint density at radius 2 is 1.95 bits per heavy atom. The van der Waals surface area contributed by atoms with Crippen molar-refractivity contribution < 1.29 is 8.42 Å². The largest absolute Gasteiger partial charge is 0.278 e. The number of pyridine rings is 1. The first-order chi connectivity index (χ1) is 8.79. The maximum absolute atomic E-state index is 12.2. The lowest BCUT2D eigenvalue weighted by atomic mass is 10.4. The van der Waals surface area contributed by atoms with E-state index in [1.54, 1.807) is 6.07 Å². The highest BCUT2D eigenvalue weighted by Crippen LogP contribution is 2.35. The molecule has 0 atom stereocenters. The molecule has 0 fully saturated rings. The Kier molecular flexibility index (Phi) is 4.95. The zero-order chi connectivity index (χ0) is 14.2. The van der Waals surface area contributed by atoms with Crippen LogP contribution in [0.2, 0.25) is 5.15 Å². The summed E-state index contributed by atoms with van der Waals surface area (Å²) in [5, 5.41) is 0.266. The Balaban J connectivity index is 2.36. The van der Waals surface area contributed by atoms with Gasteiger partial charge in [0, 0.05) is 0 Å². The molecule has 0 spiro atoms. The van der Waals surface area contributed by atoms with Crippen molar-refractivity contribution in [2.24, 2.45) is 0 Å². The standard InChI is InChI=1S/C9H4Br3ClN2O2S2/c10-5-1-4(3-14-9(5)13)15-19(16,17)6-2-7(11)18-8(6)12/h1-3,15H. The van der Waals surface area contributed by atoms with Crippen molar-refractivity contribution >= 4 is 86.4 Å². The van der Waals surface area contributed by atoms with Crippen LogP contribution in [0, 0.1) is 0 Å². The molecule has 2 heterocycles. The zero-order valence-corrected chi connectivity index (χ0v) is 16.0. The number of anilines is 1. The van der Waals surface area contributed by atoms with Gasteiger partial charge in [0.2, 0.25) is 0 Å². The second-order valence-electron chi connectivity index (χ2n) is 3.29. The number of nitrogens with one attached hydrogen (secondary N) is 1. The molecule has 0 saturated heterocycles. The molecular formula is C9H4Br3ClN2O2S2. The normalized spacial score (nSPS) is 11.6. The van der Waals surface area contributed by atoms with Crippen molar-refractivity contribution in [3.05, 3.63) is 35.5 Å². The molecule has 2 aromatic heterocycles.